The first-order valence-electron chi connectivity index (χ1n) is 11.1. The highest BCUT2D eigenvalue weighted by Gasteiger charge is 2.33. The van der Waals surface area contributed by atoms with Crippen molar-refractivity contribution in [2.75, 3.05) is 37.6 Å². The first-order valence-corrected chi connectivity index (χ1v) is 12.9. The molecule has 4 heterocycles. The van der Waals surface area contributed by atoms with Crippen LogP contribution in [0.5, 0.6) is 11.5 Å². The molecule has 0 aliphatic carbocycles. The number of benzene rings is 1. The molecule has 12 nitrogen and oxygen atoms in total. The lowest BCUT2D eigenvalue weighted by Crippen LogP contribution is -2.56. The van der Waals surface area contributed by atoms with Crippen LogP contribution in [0.2, 0.25) is 0 Å². The zero-order valence-corrected chi connectivity index (χ0v) is 19.9. The van der Waals surface area contributed by atoms with Gasteiger partial charge in [0.1, 0.15) is 12.1 Å². The molecule has 3 aromatic rings. The van der Waals surface area contributed by atoms with E-state index in [2.05, 4.69) is 20.3 Å². The molecule has 2 aromatic heterocycles. The van der Waals surface area contributed by atoms with Crippen LogP contribution in [-0.2, 0) is 21.4 Å². The number of fused-ring (bicyclic) bond motifs is 1. The molecule has 13 heteroatoms. The van der Waals surface area contributed by atoms with Gasteiger partial charge in [0.2, 0.25) is 28.7 Å². The quantitative estimate of drug-likeness (QED) is 0.495. The number of ether oxygens (including phenoxy) is 2. The van der Waals surface area contributed by atoms with Gasteiger partial charge in [0, 0.05) is 51.2 Å². The number of sulfonamides is 1. The molecule has 1 aromatic carbocycles. The van der Waals surface area contributed by atoms with E-state index in [4.69, 9.17) is 9.47 Å². The zero-order valence-electron chi connectivity index (χ0n) is 19.1. The molecule has 1 N–H and O–H groups in total. The normalized spacial score (nSPS) is 18.0. The summed E-state index contributed by atoms with van der Waals surface area (Å²) in [6.07, 6.45) is 7.89. The molecule has 35 heavy (non-hydrogen) atoms. The maximum atomic E-state index is 12.9. The number of nitrogens with one attached hydrogen (secondary N) is 1. The highest BCUT2D eigenvalue weighted by atomic mass is 32.2. The van der Waals surface area contributed by atoms with Gasteiger partial charge in [-0.05, 0) is 23.8 Å². The Morgan fingerprint density at radius 3 is 2.83 bits per heavy atom. The van der Waals surface area contributed by atoms with E-state index >= 15 is 0 Å². The Labute approximate surface area is 202 Å². The number of carbonyl (C=O) groups excluding carboxylic acids is 1. The van der Waals surface area contributed by atoms with E-state index in [1.165, 1.54) is 10.6 Å². The van der Waals surface area contributed by atoms with Crippen molar-refractivity contribution in [2.45, 2.75) is 19.0 Å². The van der Waals surface area contributed by atoms with Crippen molar-refractivity contribution in [2.24, 2.45) is 0 Å². The van der Waals surface area contributed by atoms with Crippen LogP contribution in [-0.4, -0.2) is 76.9 Å². The van der Waals surface area contributed by atoms with Gasteiger partial charge in [-0.2, -0.15) is 9.29 Å². The number of hydrogen-bond donors (Lipinski definition) is 1. The largest absolute Gasteiger partial charge is 0.454 e. The van der Waals surface area contributed by atoms with Crippen molar-refractivity contribution in [3.63, 3.8) is 0 Å². The lowest BCUT2D eigenvalue weighted by atomic mass is 10.1. The van der Waals surface area contributed by atoms with E-state index in [1.807, 2.05) is 23.1 Å². The summed E-state index contributed by atoms with van der Waals surface area (Å²) < 4.78 is 38.2. The number of amides is 1. The second-order valence-electron chi connectivity index (χ2n) is 8.32. The molecule has 1 unspecified atom stereocenters. The van der Waals surface area contributed by atoms with Crippen molar-refractivity contribution in [3.05, 3.63) is 54.7 Å². The van der Waals surface area contributed by atoms with Gasteiger partial charge in [0.15, 0.2) is 11.5 Å². The van der Waals surface area contributed by atoms with E-state index in [-0.39, 0.29) is 25.7 Å². The number of aromatic nitrogens is 4. The predicted molar refractivity (Wildman–Crippen MR) is 126 cm³/mol. The highest BCUT2D eigenvalue weighted by Crippen LogP contribution is 2.32. The van der Waals surface area contributed by atoms with Crippen LogP contribution in [0.15, 0.2) is 49.2 Å². The zero-order chi connectivity index (χ0) is 24.4. The molecule has 2 aliphatic rings. The van der Waals surface area contributed by atoms with Crippen LogP contribution in [0.25, 0.3) is 5.95 Å². The third kappa shape index (κ3) is 5.20. The molecule has 184 valence electrons. The molecule has 1 amide bonds. The van der Waals surface area contributed by atoms with Crippen LogP contribution in [0, 0.1) is 0 Å². The van der Waals surface area contributed by atoms with E-state index in [1.54, 1.807) is 35.6 Å². The highest BCUT2D eigenvalue weighted by molar-refractivity contribution is 7.88. The second-order valence-corrected chi connectivity index (χ2v) is 10.3. The molecule has 2 aliphatic heterocycles. The lowest BCUT2D eigenvalue weighted by Gasteiger charge is -2.40. The average Bonchev–Trinajstić information content (AvgIpc) is 3.54. The SMILES string of the molecule is CS(=O)(=O)N1CCN(c2ccnc(-n3ccnc3)n2)C(CC(=O)NCc2ccc3c(c2)OCO3)C1. The summed E-state index contributed by atoms with van der Waals surface area (Å²) >= 11 is 0. The Bertz CT molecular complexity index is 1320. The van der Waals surface area contributed by atoms with Crippen molar-refractivity contribution < 1.29 is 22.7 Å². The van der Waals surface area contributed by atoms with Crippen LogP contribution < -0.4 is 19.7 Å². The monoisotopic (exact) mass is 499 g/mol. The Morgan fingerprint density at radius 1 is 1.17 bits per heavy atom. The number of hydrogen-bond acceptors (Lipinski definition) is 9. The summed E-state index contributed by atoms with van der Waals surface area (Å²) in [5.74, 6) is 2.19. The van der Waals surface area contributed by atoms with Crippen molar-refractivity contribution >= 4 is 21.7 Å². The molecule has 1 atom stereocenters. The number of anilines is 1. The smallest absolute Gasteiger partial charge is 0.236 e. The molecule has 0 spiro atoms. The minimum atomic E-state index is -3.40. The summed E-state index contributed by atoms with van der Waals surface area (Å²) in [4.78, 5) is 27.8. The first kappa shape index (κ1) is 23.1. The fraction of sp³-hybridized carbons (Fsp3) is 0.364. The van der Waals surface area contributed by atoms with Gasteiger partial charge in [-0.3, -0.25) is 9.36 Å². The average molecular weight is 500 g/mol. The third-order valence-corrected chi connectivity index (χ3v) is 7.19. The summed E-state index contributed by atoms with van der Waals surface area (Å²) in [7, 11) is -3.40. The van der Waals surface area contributed by atoms with Gasteiger partial charge in [0.05, 0.1) is 12.3 Å². The lowest BCUT2D eigenvalue weighted by molar-refractivity contribution is -0.121. The number of nitrogens with zero attached hydrogens (tertiary/aromatic N) is 6. The van der Waals surface area contributed by atoms with Gasteiger partial charge in [-0.15, -0.1) is 0 Å². The van der Waals surface area contributed by atoms with Crippen molar-refractivity contribution in [3.8, 4) is 17.4 Å². The fourth-order valence-corrected chi connectivity index (χ4v) is 5.00. The maximum absolute atomic E-state index is 12.9. The maximum Gasteiger partial charge on any atom is 0.236 e. The van der Waals surface area contributed by atoms with E-state index < -0.39 is 16.1 Å². The first-order chi connectivity index (χ1) is 16.9. The Balaban J connectivity index is 1.31. The Hall–Kier alpha value is -3.71. The fourth-order valence-electron chi connectivity index (χ4n) is 4.14. The number of rotatable bonds is 7. The van der Waals surface area contributed by atoms with Crippen LogP contribution in [0.4, 0.5) is 5.82 Å². The molecule has 0 radical (unpaired) electrons. The van der Waals surface area contributed by atoms with Gasteiger partial charge in [-0.25, -0.2) is 18.4 Å². The standard InChI is InChI=1S/C22H25N7O5S/c1-35(31,32)28-8-9-29(20-4-5-24-22(26-20)27-7-6-23-14-27)17(13-28)11-21(30)25-12-16-2-3-18-19(10-16)34-15-33-18/h2-7,10,14,17H,8-9,11-13,15H2,1H3,(H,25,30). The van der Waals surface area contributed by atoms with Crippen molar-refractivity contribution in [1.82, 2.24) is 29.1 Å². The van der Waals surface area contributed by atoms with Crippen LogP contribution >= 0.6 is 0 Å². The molecule has 1 saturated heterocycles. The number of piperazine rings is 1. The molecular formula is C22H25N7O5S. The summed E-state index contributed by atoms with van der Waals surface area (Å²) in [5, 5.41) is 2.92. The minimum Gasteiger partial charge on any atom is -0.454 e. The predicted octanol–water partition coefficient (Wildman–Crippen LogP) is 0.548. The summed E-state index contributed by atoms with van der Waals surface area (Å²) in [6, 6.07) is 6.86. The van der Waals surface area contributed by atoms with E-state index in [0.717, 1.165) is 5.56 Å². The summed E-state index contributed by atoms with van der Waals surface area (Å²) in [6.45, 7) is 1.38. The molecule has 1 fully saturated rings. The van der Waals surface area contributed by atoms with E-state index in [9.17, 15) is 13.2 Å². The molecule has 5 rings (SSSR count). The topological polar surface area (TPSA) is 132 Å². The van der Waals surface area contributed by atoms with E-state index in [0.29, 0.717) is 42.9 Å². The van der Waals surface area contributed by atoms with Crippen molar-refractivity contribution in [1.29, 1.82) is 0 Å². The second kappa shape index (κ2) is 9.50. The Morgan fingerprint density at radius 2 is 2.03 bits per heavy atom. The number of imidazole rings is 1. The van der Waals surface area contributed by atoms with Gasteiger partial charge >= 0.3 is 0 Å². The van der Waals surface area contributed by atoms with Gasteiger partial charge < -0.3 is 19.7 Å². The van der Waals surface area contributed by atoms with Crippen LogP contribution in [0.1, 0.15) is 12.0 Å². The van der Waals surface area contributed by atoms with Gasteiger partial charge in [0.25, 0.3) is 0 Å². The molecular weight excluding hydrogens is 474 g/mol. The van der Waals surface area contributed by atoms with Gasteiger partial charge in [-0.1, -0.05) is 6.07 Å². The molecule has 0 bridgehead atoms. The minimum absolute atomic E-state index is 0.0982. The third-order valence-electron chi connectivity index (χ3n) is 5.92. The number of carbonyl (C=O) groups is 1. The summed E-state index contributed by atoms with van der Waals surface area (Å²) in [5.41, 5.74) is 0.877. The van der Waals surface area contributed by atoms with Crippen LogP contribution in [0.3, 0.4) is 0 Å². The molecule has 0 saturated carbocycles. The Kier molecular flexibility index (Phi) is 6.26.